The van der Waals surface area contributed by atoms with Gasteiger partial charge in [-0.2, -0.15) is 5.10 Å². The van der Waals surface area contributed by atoms with Gasteiger partial charge in [-0.3, -0.25) is 0 Å². The monoisotopic (exact) mass is 379 g/mol. The number of benzene rings is 3. The van der Waals surface area contributed by atoms with Crippen molar-refractivity contribution in [3.63, 3.8) is 0 Å². The number of aromatic nitrogens is 2. The van der Waals surface area contributed by atoms with Crippen molar-refractivity contribution in [3.05, 3.63) is 119 Å². The van der Waals surface area contributed by atoms with E-state index in [0.717, 1.165) is 25.1 Å². The van der Waals surface area contributed by atoms with Gasteiger partial charge in [0, 0.05) is 12.2 Å². The Morgan fingerprint density at radius 1 is 0.759 bits per heavy atom. The Hall–Kier alpha value is -3.17. The highest BCUT2D eigenvalue weighted by atomic mass is 15.3. The predicted octanol–water partition coefficient (Wildman–Crippen LogP) is 5.24. The molecule has 0 atom stereocenters. The molecule has 0 fully saturated rings. The van der Waals surface area contributed by atoms with E-state index in [1.165, 1.54) is 34.5 Å². The first-order chi connectivity index (χ1) is 14.4. The summed E-state index contributed by atoms with van der Waals surface area (Å²) in [4.78, 5) is 0. The van der Waals surface area contributed by atoms with Gasteiger partial charge in [-0.1, -0.05) is 78.9 Å². The van der Waals surface area contributed by atoms with Crippen LogP contribution >= 0.6 is 0 Å². The van der Waals surface area contributed by atoms with Crippen LogP contribution in [0.1, 0.15) is 40.5 Å². The third-order valence-corrected chi connectivity index (χ3v) is 5.75. The van der Waals surface area contributed by atoms with Gasteiger partial charge in [0.15, 0.2) is 0 Å². The Bertz CT molecular complexity index is 1030. The molecular weight excluding hydrogens is 354 g/mol. The molecule has 0 unspecified atom stereocenters. The molecule has 1 N–H and O–H groups in total. The molecule has 0 saturated heterocycles. The molecule has 1 aliphatic rings. The molecule has 5 rings (SSSR count). The van der Waals surface area contributed by atoms with E-state index in [-0.39, 0.29) is 6.04 Å². The summed E-state index contributed by atoms with van der Waals surface area (Å²) in [5.41, 5.74) is 7.69. The van der Waals surface area contributed by atoms with E-state index in [0.29, 0.717) is 0 Å². The number of hydrogen-bond acceptors (Lipinski definition) is 2. The van der Waals surface area contributed by atoms with Gasteiger partial charge in [0.05, 0.1) is 17.4 Å². The zero-order valence-electron chi connectivity index (χ0n) is 16.5. The quantitative estimate of drug-likeness (QED) is 0.496. The lowest BCUT2D eigenvalue weighted by Gasteiger charge is -2.19. The molecule has 0 aliphatic heterocycles. The molecule has 0 bridgehead atoms. The summed E-state index contributed by atoms with van der Waals surface area (Å²) in [6.45, 7) is 0.761. The van der Waals surface area contributed by atoms with Crippen molar-refractivity contribution in [2.75, 3.05) is 0 Å². The van der Waals surface area contributed by atoms with Gasteiger partial charge in [-0.25, -0.2) is 4.68 Å². The van der Waals surface area contributed by atoms with Gasteiger partial charge in [0.1, 0.15) is 0 Å². The summed E-state index contributed by atoms with van der Waals surface area (Å²) in [5.74, 6) is 0. The minimum absolute atomic E-state index is 0.149. The fourth-order valence-electron chi connectivity index (χ4n) is 4.36. The summed E-state index contributed by atoms with van der Waals surface area (Å²) < 4.78 is 2.15. The van der Waals surface area contributed by atoms with Crippen LogP contribution in [-0.4, -0.2) is 9.78 Å². The van der Waals surface area contributed by atoms with Gasteiger partial charge in [0.25, 0.3) is 0 Å². The Kier molecular flexibility index (Phi) is 4.97. The topological polar surface area (TPSA) is 29.9 Å². The lowest BCUT2D eigenvalue weighted by molar-refractivity contribution is 0.588. The van der Waals surface area contributed by atoms with Crippen LogP contribution < -0.4 is 5.32 Å². The molecule has 3 heteroatoms. The lowest BCUT2D eigenvalue weighted by Crippen LogP contribution is -2.22. The lowest BCUT2D eigenvalue weighted by atomic mass is 9.98. The van der Waals surface area contributed by atoms with Crippen LogP contribution in [0.15, 0.2) is 91.0 Å². The fraction of sp³-hybridized carbons (Fsp3) is 0.192. The summed E-state index contributed by atoms with van der Waals surface area (Å²) in [5, 5.41) is 8.80. The number of fused-ring (bicyclic) bond motifs is 1. The van der Waals surface area contributed by atoms with Gasteiger partial charge < -0.3 is 5.32 Å². The first-order valence-corrected chi connectivity index (χ1v) is 10.4. The molecule has 0 spiro atoms. The summed E-state index contributed by atoms with van der Waals surface area (Å²) >= 11 is 0. The first kappa shape index (κ1) is 17.9. The molecule has 0 saturated carbocycles. The number of rotatable bonds is 6. The minimum Gasteiger partial charge on any atom is -0.300 e. The van der Waals surface area contributed by atoms with E-state index >= 15 is 0 Å². The van der Waals surface area contributed by atoms with Crippen LogP contribution in [-0.2, 0) is 19.4 Å². The number of nitrogens with zero attached hydrogens (tertiary/aromatic N) is 2. The maximum Gasteiger partial charge on any atom is 0.0802 e. The number of hydrogen-bond donors (Lipinski definition) is 1. The van der Waals surface area contributed by atoms with Gasteiger partial charge >= 0.3 is 0 Å². The minimum atomic E-state index is 0.149. The highest BCUT2D eigenvalue weighted by Crippen LogP contribution is 2.29. The highest BCUT2D eigenvalue weighted by Gasteiger charge is 2.24. The second-order valence-electron chi connectivity index (χ2n) is 7.61. The van der Waals surface area contributed by atoms with E-state index in [1.54, 1.807) is 0 Å². The zero-order chi connectivity index (χ0) is 19.5. The smallest absolute Gasteiger partial charge is 0.0802 e. The van der Waals surface area contributed by atoms with Gasteiger partial charge in [-0.15, -0.1) is 0 Å². The van der Waals surface area contributed by atoms with Crippen LogP contribution in [0.5, 0.6) is 0 Å². The molecule has 144 valence electrons. The Balaban J connectivity index is 1.45. The maximum atomic E-state index is 5.02. The molecule has 1 aromatic heterocycles. The normalized spacial score (nSPS) is 13.0. The SMILES string of the molecule is c1ccc(C(NCc2nn(-c3ccccc3)c3c2CCC3)c2ccccc2)cc1. The fourth-order valence-corrected chi connectivity index (χ4v) is 4.36. The third kappa shape index (κ3) is 3.62. The van der Waals surface area contributed by atoms with Crippen LogP contribution in [0.3, 0.4) is 0 Å². The molecule has 1 heterocycles. The zero-order valence-corrected chi connectivity index (χ0v) is 16.5. The Morgan fingerprint density at radius 2 is 1.34 bits per heavy atom. The predicted molar refractivity (Wildman–Crippen MR) is 117 cm³/mol. The van der Waals surface area contributed by atoms with Gasteiger partial charge in [0.2, 0.25) is 0 Å². The molecule has 1 aliphatic carbocycles. The van der Waals surface area contributed by atoms with E-state index in [9.17, 15) is 0 Å². The molecule has 0 amide bonds. The van der Waals surface area contributed by atoms with Crippen molar-refractivity contribution in [2.45, 2.75) is 31.8 Å². The molecule has 3 nitrogen and oxygen atoms in total. The largest absolute Gasteiger partial charge is 0.300 e. The summed E-state index contributed by atoms with van der Waals surface area (Å²) in [6, 6.07) is 32.0. The van der Waals surface area contributed by atoms with Gasteiger partial charge in [-0.05, 0) is 48.1 Å². The molecule has 3 aromatic carbocycles. The van der Waals surface area contributed by atoms with Crippen LogP contribution in [0.4, 0.5) is 0 Å². The van der Waals surface area contributed by atoms with Crippen LogP contribution in [0.25, 0.3) is 5.69 Å². The molecular formula is C26H25N3. The number of para-hydroxylation sites is 1. The first-order valence-electron chi connectivity index (χ1n) is 10.4. The Morgan fingerprint density at radius 3 is 1.97 bits per heavy atom. The van der Waals surface area contributed by atoms with Crippen LogP contribution in [0.2, 0.25) is 0 Å². The molecule has 0 radical (unpaired) electrons. The second-order valence-corrected chi connectivity index (χ2v) is 7.61. The van der Waals surface area contributed by atoms with Crippen molar-refractivity contribution >= 4 is 0 Å². The molecule has 4 aromatic rings. The van der Waals surface area contributed by atoms with Crippen molar-refractivity contribution in [2.24, 2.45) is 0 Å². The van der Waals surface area contributed by atoms with Crippen molar-refractivity contribution < 1.29 is 0 Å². The van der Waals surface area contributed by atoms with E-state index in [2.05, 4.69) is 101 Å². The van der Waals surface area contributed by atoms with Crippen molar-refractivity contribution in [3.8, 4) is 5.69 Å². The standard InChI is InChI=1S/C26H25N3/c1-4-11-20(12-5-1)26(21-13-6-2-7-14-21)27-19-24-23-17-10-18-25(23)29(28-24)22-15-8-3-9-16-22/h1-9,11-16,26-27H,10,17-19H2. The summed E-state index contributed by atoms with van der Waals surface area (Å²) in [7, 11) is 0. The van der Waals surface area contributed by atoms with Crippen LogP contribution in [0, 0.1) is 0 Å². The summed E-state index contributed by atoms with van der Waals surface area (Å²) in [6.07, 6.45) is 3.45. The highest BCUT2D eigenvalue weighted by molar-refractivity contribution is 5.40. The number of nitrogens with one attached hydrogen (secondary N) is 1. The average Bonchev–Trinajstić information content (AvgIpc) is 3.40. The Labute approximate surface area is 172 Å². The molecule has 29 heavy (non-hydrogen) atoms. The van der Waals surface area contributed by atoms with Crippen molar-refractivity contribution in [1.82, 2.24) is 15.1 Å². The second kappa shape index (κ2) is 8.06. The average molecular weight is 380 g/mol. The third-order valence-electron chi connectivity index (χ3n) is 5.75. The maximum absolute atomic E-state index is 5.02. The van der Waals surface area contributed by atoms with E-state index < -0.39 is 0 Å². The van der Waals surface area contributed by atoms with E-state index in [4.69, 9.17) is 5.10 Å². The van der Waals surface area contributed by atoms with Crippen molar-refractivity contribution in [1.29, 1.82) is 0 Å². The van der Waals surface area contributed by atoms with E-state index in [1.807, 2.05) is 0 Å².